The minimum absolute atomic E-state index is 0.120. The third-order valence-electron chi connectivity index (χ3n) is 3.43. The van der Waals surface area contributed by atoms with Crippen molar-refractivity contribution in [1.29, 1.82) is 0 Å². The molecule has 0 aromatic rings. The maximum absolute atomic E-state index is 12.1. The van der Waals surface area contributed by atoms with Gasteiger partial charge in [0.1, 0.15) is 0 Å². The first-order valence-electron chi connectivity index (χ1n) is 6.28. The van der Waals surface area contributed by atoms with Crippen molar-refractivity contribution >= 4 is 5.91 Å². The summed E-state index contributed by atoms with van der Waals surface area (Å²) < 4.78 is 10.4. The summed E-state index contributed by atoms with van der Waals surface area (Å²) in [5.74, 6) is 0.178. The van der Waals surface area contributed by atoms with Crippen LogP contribution in [0.4, 0.5) is 0 Å². The van der Waals surface area contributed by atoms with Crippen LogP contribution in [0.1, 0.15) is 13.8 Å². The number of carbonyl (C=O) groups excluding carboxylic acids is 1. The fourth-order valence-corrected chi connectivity index (χ4v) is 2.10. The van der Waals surface area contributed by atoms with E-state index in [0.717, 1.165) is 19.8 Å². The van der Waals surface area contributed by atoms with Gasteiger partial charge in [0.05, 0.1) is 32.5 Å². The first-order chi connectivity index (χ1) is 8.11. The van der Waals surface area contributed by atoms with E-state index < -0.39 is 0 Å². The fraction of sp³-hybridized carbons (Fsp3) is 0.917. The van der Waals surface area contributed by atoms with Crippen LogP contribution in [0, 0.1) is 5.41 Å². The van der Waals surface area contributed by atoms with Gasteiger partial charge in [0.25, 0.3) is 0 Å². The molecule has 2 saturated heterocycles. The van der Waals surface area contributed by atoms with E-state index in [-0.39, 0.29) is 17.4 Å². The van der Waals surface area contributed by atoms with Gasteiger partial charge in [-0.25, -0.2) is 0 Å². The lowest BCUT2D eigenvalue weighted by Gasteiger charge is -2.39. The lowest BCUT2D eigenvalue weighted by atomic mass is 9.88. The zero-order valence-corrected chi connectivity index (χ0v) is 10.7. The average Bonchev–Trinajstić information content (AvgIpc) is 2.33. The second-order valence-electron chi connectivity index (χ2n) is 5.34. The van der Waals surface area contributed by atoms with Crippen molar-refractivity contribution in [3.63, 3.8) is 0 Å². The Morgan fingerprint density at radius 2 is 2.00 bits per heavy atom. The van der Waals surface area contributed by atoms with Crippen LogP contribution in [0.5, 0.6) is 0 Å². The third-order valence-corrected chi connectivity index (χ3v) is 3.43. The van der Waals surface area contributed by atoms with E-state index in [2.05, 4.69) is 12.2 Å². The molecule has 1 unspecified atom stereocenters. The monoisotopic (exact) mass is 242 g/mol. The Morgan fingerprint density at radius 1 is 1.35 bits per heavy atom. The predicted octanol–water partition coefficient (Wildman–Crippen LogP) is -0.140. The van der Waals surface area contributed by atoms with E-state index in [0.29, 0.717) is 26.3 Å². The molecule has 2 rings (SSSR count). The second kappa shape index (κ2) is 5.33. The molecule has 98 valence electrons. The Kier molecular flexibility index (Phi) is 4.01. The Balaban J connectivity index is 1.74. The minimum atomic E-state index is -0.120. The molecule has 5 heteroatoms. The molecule has 1 atom stereocenters. The highest BCUT2D eigenvalue weighted by Gasteiger charge is 2.34. The lowest BCUT2D eigenvalue weighted by Crippen LogP contribution is -2.54. The van der Waals surface area contributed by atoms with Crippen LogP contribution in [0.2, 0.25) is 0 Å². The van der Waals surface area contributed by atoms with Gasteiger partial charge < -0.3 is 19.7 Å². The van der Waals surface area contributed by atoms with Gasteiger partial charge in [0.15, 0.2) is 0 Å². The molecule has 1 amide bonds. The third kappa shape index (κ3) is 3.18. The molecule has 0 radical (unpaired) electrons. The molecule has 5 nitrogen and oxygen atoms in total. The number of carbonyl (C=O) groups is 1. The van der Waals surface area contributed by atoms with E-state index in [1.807, 2.05) is 11.8 Å². The van der Waals surface area contributed by atoms with E-state index in [4.69, 9.17) is 9.47 Å². The van der Waals surface area contributed by atoms with Gasteiger partial charge in [-0.15, -0.1) is 0 Å². The van der Waals surface area contributed by atoms with Crippen LogP contribution < -0.4 is 5.32 Å². The molecule has 0 saturated carbocycles. The first kappa shape index (κ1) is 12.8. The normalized spacial score (nSPS) is 25.2. The van der Waals surface area contributed by atoms with Gasteiger partial charge >= 0.3 is 0 Å². The van der Waals surface area contributed by atoms with Gasteiger partial charge in [0.2, 0.25) is 5.91 Å². The summed E-state index contributed by atoms with van der Waals surface area (Å²) in [6, 6.07) is -0.120. The van der Waals surface area contributed by atoms with Crippen LogP contribution >= 0.6 is 0 Å². The molecular formula is C12H22N2O3. The number of morpholine rings is 1. The lowest BCUT2D eigenvalue weighted by molar-refractivity contribution is -0.138. The average molecular weight is 242 g/mol. The molecule has 1 N–H and O–H groups in total. The number of ether oxygens (including phenoxy) is 2. The molecule has 0 aromatic carbocycles. The van der Waals surface area contributed by atoms with Crippen LogP contribution in [-0.2, 0) is 14.3 Å². The molecule has 0 spiro atoms. The maximum Gasteiger partial charge on any atom is 0.239 e. The van der Waals surface area contributed by atoms with Crippen LogP contribution in [0.25, 0.3) is 0 Å². The summed E-state index contributed by atoms with van der Waals surface area (Å²) >= 11 is 0. The molecule has 2 aliphatic rings. The highest BCUT2D eigenvalue weighted by Crippen LogP contribution is 2.25. The van der Waals surface area contributed by atoms with Crippen molar-refractivity contribution in [3.8, 4) is 0 Å². The molecule has 2 aliphatic heterocycles. The number of rotatable bonds is 4. The Labute approximate surface area is 102 Å². The number of hydrogen-bond acceptors (Lipinski definition) is 4. The van der Waals surface area contributed by atoms with Crippen molar-refractivity contribution in [1.82, 2.24) is 10.2 Å². The Morgan fingerprint density at radius 3 is 2.53 bits per heavy atom. The van der Waals surface area contributed by atoms with Crippen molar-refractivity contribution in [2.24, 2.45) is 5.41 Å². The van der Waals surface area contributed by atoms with E-state index in [9.17, 15) is 4.79 Å². The van der Waals surface area contributed by atoms with Crippen LogP contribution in [0.3, 0.4) is 0 Å². The summed E-state index contributed by atoms with van der Waals surface area (Å²) in [6.45, 7) is 9.27. The summed E-state index contributed by atoms with van der Waals surface area (Å²) in [6.07, 6.45) is 0. The highest BCUT2D eigenvalue weighted by molar-refractivity contribution is 5.81. The van der Waals surface area contributed by atoms with Crippen molar-refractivity contribution in [2.75, 3.05) is 46.1 Å². The summed E-state index contributed by atoms with van der Waals surface area (Å²) in [7, 11) is 0. The molecule has 0 aromatic heterocycles. The number of hydrogen-bond donors (Lipinski definition) is 1. The van der Waals surface area contributed by atoms with Crippen LogP contribution in [0.15, 0.2) is 0 Å². The van der Waals surface area contributed by atoms with E-state index >= 15 is 0 Å². The van der Waals surface area contributed by atoms with E-state index in [1.165, 1.54) is 0 Å². The quantitative estimate of drug-likeness (QED) is 0.745. The SMILES string of the molecule is CC(NCC1(C)COC1)C(=O)N1CCOCC1. The molecule has 2 fully saturated rings. The molecule has 17 heavy (non-hydrogen) atoms. The predicted molar refractivity (Wildman–Crippen MR) is 63.8 cm³/mol. The van der Waals surface area contributed by atoms with Crippen molar-refractivity contribution < 1.29 is 14.3 Å². The summed E-state index contributed by atoms with van der Waals surface area (Å²) in [5, 5.41) is 3.31. The minimum Gasteiger partial charge on any atom is -0.380 e. The van der Waals surface area contributed by atoms with Crippen molar-refractivity contribution in [3.05, 3.63) is 0 Å². The standard InChI is InChI=1S/C12H22N2O3/c1-10(13-7-12(2)8-17-9-12)11(15)14-3-5-16-6-4-14/h10,13H,3-9H2,1-2H3. The van der Waals surface area contributed by atoms with Crippen LogP contribution in [-0.4, -0.2) is 62.9 Å². The molecular weight excluding hydrogens is 220 g/mol. The Hall–Kier alpha value is -0.650. The van der Waals surface area contributed by atoms with Gasteiger partial charge in [-0.05, 0) is 6.92 Å². The zero-order chi connectivity index (χ0) is 12.3. The van der Waals surface area contributed by atoms with Gasteiger partial charge in [-0.3, -0.25) is 4.79 Å². The Bertz CT molecular complexity index is 273. The number of nitrogens with zero attached hydrogens (tertiary/aromatic N) is 1. The fourth-order valence-electron chi connectivity index (χ4n) is 2.10. The smallest absolute Gasteiger partial charge is 0.239 e. The summed E-state index contributed by atoms with van der Waals surface area (Å²) in [5.41, 5.74) is 0.208. The van der Waals surface area contributed by atoms with Gasteiger partial charge in [0, 0.05) is 25.0 Å². The van der Waals surface area contributed by atoms with Crippen molar-refractivity contribution in [2.45, 2.75) is 19.9 Å². The summed E-state index contributed by atoms with van der Waals surface area (Å²) in [4.78, 5) is 14.0. The van der Waals surface area contributed by atoms with E-state index in [1.54, 1.807) is 0 Å². The topological polar surface area (TPSA) is 50.8 Å². The van der Waals surface area contributed by atoms with Gasteiger partial charge in [-0.1, -0.05) is 6.92 Å². The highest BCUT2D eigenvalue weighted by atomic mass is 16.5. The molecule has 0 bridgehead atoms. The number of nitrogens with one attached hydrogen (secondary N) is 1. The first-order valence-corrected chi connectivity index (χ1v) is 6.28. The largest absolute Gasteiger partial charge is 0.380 e. The maximum atomic E-state index is 12.1. The molecule has 0 aliphatic carbocycles. The van der Waals surface area contributed by atoms with Gasteiger partial charge in [-0.2, -0.15) is 0 Å². The zero-order valence-electron chi connectivity index (χ0n) is 10.7. The number of amides is 1. The molecule has 2 heterocycles. The second-order valence-corrected chi connectivity index (χ2v) is 5.34.